The Morgan fingerprint density at radius 3 is 2.88 bits per heavy atom. The highest BCUT2D eigenvalue weighted by Gasteiger charge is 2.07. The predicted molar refractivity (Wildman–Crippen MR) is 65.3 cm³/mol. The summed E-state index contributed by atoms with van der Waals surface area (Å²) in [6, 6.07) is 8.97. The van der Waals surface area contributed by atoms with Crippen LogP contribution in [0.2, 0.25) is 0 Å². The molecular formula is C11H10BrN3O. The van der Waals surface area contributed by atoms with Gasteiger partial charge in [-0.15, -0.1) is 0 Å². The van der Waals surface area contributed by atoms with Gasteiger partial charge < -0.3 is 5.32 Å². The van der Waals surface area contributed by atoms with Crippen LogP contribution in [0.4, 0.5) is 5.82 Å². The fraction of sp³-hybridized carbons (Fsp3) is 0.0909. The van der Waals surface area contributed by atoms with Crippen molar-refractivity contribution in [3.8, 4) is 0 Å². The molecule has 1 aromatic heterocycles. The molecule has 0 fully saturated rings. The first-order valence-corrected chi connectivity index (χ1v) is 5.51. The lowest BCUT2D eigenvalue weighted by atomic mass is 10.2. The lowest BCUT2D eigenvalue weighted by Gasteiger charge is -2.05. The smallest absolute Gasteiger partial charge is 0.256 e. The van der Waals surface area contributed by atoms with Crippen molar-refractivity contribution in [3.05, 3.63) is 46.6 Å². The molecule has 2 rings (SSSR count). The Labute approximate surface area is 101 Å². The molecule has 0 saturated carbocycles. The molecule has 0 bridgehead atoms. The monoisotopic (exact) mass is 279 g/mol. The summed E-state index contributed by atoms with van der Waals surface area (Å²) in [5.74, 6) is 0.523. The number of aryl methyl sites for hydroxylation is 1. The number of hydrogen-bond acceptors (Lipinski definition) is 2. The molecule has 1 heterocycles. The molecule has 5 heteroatoms. The van der Waals surface area contributed by atoms with Gasteiger partial charge in [0.05, 0.1) is 6.20 Å². The number of nitrogens with one attached hydrogen (secondary N) is 1. The molecule has 0 aliphatic rings. The lowest BCUT2D eigenvalue weighted by molar-refractivity contribution is 0.102. The molecule has 1 aromatic carbocycles. The standard InChI is InChI=1S/C11H10BrN3O/c1-15-10(5-6-13-15)14-11(16)8-3-2-4-9(12)7-8/h2-7H,1H3,(H,14,16). The quantitative estimate of drug-likeness (QED) is 0.918. The molecule has 1 amide bonds. The highest BCUT2D eigenvalue weighted by molar-refractivity contribution is 9.10. The molecule has 0 saturated heterocycles. The molecule has 82 valence electrons. The fourth-order valence-electron chi connectivity index (χ4n) is 1.31. The van der Waals surface area contributed by atoms with Crippen molar-refractivity contribution in [1.82, 2.24) is 9.78 Å². The van der Waals surface area contributed by atoms with E-state index in [1.54, 1.807) is 36.1 Å². The second-order valence-electron chi connectivity index (χ2n) is 3.30. The van der Waals surface area contributed by atoms with Gasteiger partial charge in [-0.05, 0) is 18.2 Å². The number of halogens is 1. The zero-order valence-electron chi connectivity index (χ0n) is 8.64. The summed E-state index contributed by atoms with van der Waals surface area (Å²) in [6.07, 6.45) is 1.64. The third-order valence-electron chi connectivity index (χ3n) is 2.15. The molecular weight excluding hydrogens is 270 g/mol. The summed E-state index contributed by atoms with van der Waals surface area (Å²) >= 11 is 3.33. The topological polar surface area (TPSA) is 46.9 Å². The van der Waals surface area contributed by atoms with Gasteiger partial charge in [0, 0.05) is 23.2 Å². The Bertz CT molecular complexity index is 521. The van der Waals surface area contributed by atoms with Crippen molar-refractivity contribution in [1.29, 1.82) is 0 Å². The number of hydrogen-bond donors (Lipinski definition) is 1. The summed E-state index contributed by atoms with van der Waals surface area (Å²) in [5, 5.41) is 6.75. The fourth-order valence-corrected chi connectivity index (χ4v) is 1.71. The van der Waals surface area contributed by atoms with Crippen molar-refractivity contribution in [3.63, 3.8) is 0 Å². The van der Waals surface area contributed by atoms with Crippen LogP contribution in [0.1, 0.15) is 10.4 Å². The van der Waals surface area contributed by atoms with Crippen LogP contribution in [0.3, 0.4) is 0 Å². The maximum Gasteiger partial charge on any atom is 0.256 e. The van der Waals surface area contributed by atoms with Gasteiger partial charge in [0.2, 0.25) is 0 Å². The van der Waals surface area contributed by atoms with Crippen LogP contribution >= 0.6 is 15.9 Å². The Kier molecular flexibility index (Phi) is 3.05. The molecule has 0 unspecified atom stereocenters. The predicted octanol–water partition coefficient (Wildman–Crippen LogP) is 2.43. The van der Waals surface area contributed by atoms with E-state index in [4.69, 9.17) is 0 Å². The van der Waals surface area contributed by atoms with E-state index in [0.717, 1.165) is 4.47 Å². The van der Waals surface area contributed by atoms with Gasteiger partial charge >= 0.3 is 0 Å². The van der Waals surface area contributed by atoms with Crippen molar-refractivity contribution in [2.24, 2.45) is 7.05 Å². The van der Waals surface area contributed by atoms with Crippen LogP contribution in [-0.4, -0.2) is 15.7 Å². The molecule has 0 radical (unpaired) electrons. The van der Waals surface area contributed by atoms with E-state index < -0.39 is 0 Å². The van der Waals surface area contributed by atoms with Gasteiger partial charge in [0.25, 0.3) is 5.91 Å². The van der Waals surface area contributed by atoms with Crippen LogP contribution in [0.5, 0.6) is 0 Å². The maximum atomic E-state index is 11.8. The van der Waals surface area contributed by atoms with E-state index in [0.29, 0.717) is 11.4 Å². The summed E-state index contributed by atoms with van der Waals surface area (Å²) in [6.45, 7) is 0. The van der Waals surface area contributed by atoms with E-state index in [2.05, 4.69) is 26.3 Å². The minimum Gasteiger partial charge on any atom is -0.307 e. The Morgan fingerprint density at radius 1 is 1.44 bits per heavy atom. The molecule has 0 aliphatic carbocycles. The number of amides is 1. The Hall–Kier alpha value is -1.62. The molecule has 0 aliphatic heterocycles. The van der Waals surface area contributed by atoms with Crippen LogP contribution in [-0.2, 0) is 7.05 Å². The Balaban J connectivity index is 2.18. The minimum absolute atomic E-state index is 0.148. The van der Waals surface area contributed by atoms with Crippen LogP contribution in [0.15, 0.2) is 41.0 Å². The van der Waals surface area contributed by atoms with Crippen molar-refractivity contribution in [2.75, 3.05) is 5.32 Å². The van der Waals surface area contributed by atoms with Gasteiger partial charge in [-0.25, -0.2) is 0 Å². The summed E-state index contributed by atoms with van der Waals surface area (Å²) in [4.78, 5) is 11.8. The maximum absolute atomic E-state index is 11.8. The molecule has 4 nitrogen and oxygen atoms in total. The number of carbonyl (C=O) groups excluding carboxylic acids is 1. The highest BCUT2D eigenvalue weighted by Crippen LogP contribution is 2.13. The third-order valence-corrected chi connectivity index (χ3v) is 2.64. The lowest BCUT2D eigenvalue weighted by Crippen LogP contribution is -2.14. The second kappa shape index (κ2) is 4.49. The number of aromatic nitrogens is 2. The van der Waals surface area contributed by atoms with Crippen molar-refractivity contribution >= 4 is 27.7 Å². The van der Waals surface area contributed by atoms with E-state index in [1.165, 1.54) is 0 Å². The first-order chi connectivity index (χ1) is 7.66. The number of nitrogens with zero attached hydrogens (tertiary/aromatic N) is 2. The molecule has 16 heavy (non-hydrogen) atoms. The van der Waals surface area contributed by atoms with E-state index in [9.17, 15) is 4.79 Å². The van der Waals surface area contributed by atoms with Gasteiger partial charge in [-0.3, -0.25) is 9.48 Å². The average molecular weight is 280 g/mol. The minimum atomic E-state index is -0.148. The van der Waals surface area contributed by atoms with Gasteiger partial charge in [-0.2, -0.15) is 5.10 Å². The number of anilines is 1. The number of carbonyl (C=O) groups is 1. The van der Waals surface area contributed by atoms with Crippen molar-refractivity contribution < 1.29 is 4.79 Å². The Morgan fingerprint density at radius 2 is 2.25 bits per heavy atom. The van der Waals surface area contributed by atoms with Gasteiger partial charge in [-0.1, -0.05) is 22.0 Å². The van der Waals surface area contributed by atoms with Crippen molar-refractivity contribution in [2.45, 2.75) is 0 Å². The molecule has 0 spiro atoms. The number of rotatable bonds is 2. The zero-order valence-corrected chi connectivity index (χ0v) is 10.2. The highest BCUT2D eigenvalue weighted by atomic mass is 79.9. The summed E-state index contributed by atoms with van der Waals surface area (Å²) < 4.78 is 2.49. The molecule has 0 atom stereocenters. The first kappa shape index (κ1) is 10.9. The number of benzene rings is 1. The van der Waals surface area contributed by atoms with E-state index in [-0.39, 0.29) is 5.91 Å². The zero-order chi connectivity index (χ0) is 11.5. The third kappa shape index (κ3) is 2.30. The SMILES string of the molecule is Cn1nccc1NC(=O)c1cccc(Br)c1. The first-order valence-electron chi connectivity index (χ1n) is 4.72. The molecule has 2 aromatic rings. The van der Waals surface area contributed by atoms with Crippen LogP contribution in [0, 0.1) is 0 Å². The van der Waals surface area contributed by atoms with Crippen LogP contribution in [0.25, 0.3) is 0 Å². The van der Waals surface area contributed by atoms with Gasteiger partial charge in [0.15, 0.2) is 0 Å². The van der Waals surface area contributed by atoms with E-state index in [1.807, 2.05) is 12.1 Å². The normalized spacial score (nSPS) is 10.1. The second-order valence-corrected chi connectivity index (χ2v) is 4.22. The van der Waals surface area contributed by atoms with Crippen LogP contribution < -0.4 is 5.32 Å². The van der Waals surface area contributed by atoms with E-state index >= 15 is 0 Å². The molecule has 1 N–H and O–H groups in total. The largest absolute Gasteiger partial charge is 0.307 e. The summed E-state index contributed by atoms with van der Waals surface area (Å²) in [7, 11) is 1.77. The van der Waals surface area contributed by atoms with Gasteiger partial charge in [0.1, 0.15) is 5.82 Å². The summed E-state index contributed by atoms with van der Waals surface area (Å²) in [5.41, 5.74) is 0.607. The average Bonchev–Trinajstić information content (AvgIpc) is 2.64.